The van der Waals surface area contributed by atoms with Gasteiger partial charge in [-0.3, -0.25) is 9.69 Å². The Kier molecular flexibility index (Phi) is 7.09. The number of H-pyrrole nitrogens is 1. The third-order valence-corrected chi connectivity index (χ3v) is 7.72. The fraction of sp³-hybridized carbons (Fsp3) is 0.276. The number of likely N-dealkylation sites (tertiary alicyclic amines) is 1. The molecule has 7 heteroatoms. The summed E-state index contributed by atoms with van der Waals surface area (Å²) in [7, 11) is 0. The summed E-state index contributed by atoms with van der Waals surface area (Å²) in [6.07, 6.45) is 3.90. The van der Waals surface area contributed by atoms with E-state index in [0.717, 1.165) is 51.0 Å². The number of aromatic nitrogens is 1. The van der Waals surface area contributed by atoms with Crippen LogP contribution in [0.5, 0.6) is 0 Å². The Morgan fingerprint density at radius 3 is 2.42 bits per heavy atom. The Morgan fingerprint density at radius 2 is 1.67 bits per heavy atom. The number of carbonyl (C=O) groups excluding carboxylic acids is 1. The first-order valence-electron chi connectivity index (χ1n) is 12.3. The van der Waals surface area contributed by atoms with Crippen molar-refractivity contribution in [2.75, 3.05) is 13.1 Å². The average molecular weight is 522 g/mol. The highest BCUT2D eigenvalue weighted by molar-refractivity contribution is 6.35. The first-order valence-corrected chi connectivity index (χ1v) is 12.7. The molecule has 3 N–H and O–H groups in total. The van der Waals surface area contributed by atoms with Gasteiger partial charge in [-0.1, -0.05) is 48.4 Å². The Labute approximate surface area is 221 Å². The zero-order chi connectivity index (χ0) is 23.9. The van der Waals surface area contributed by atoms with Gasteiger partial charge in [0.25, 0.3) is 5.91 Å². The Hall–Kier alpha value is -2.83. The molecule has 186 valence electrons. The van der Waals surface area contributed by atoms with Crippen LogP contribution in [0.25, 0.3) is 33.3 Å². The second kappa shape index (κ2) is 10.3. The molecule has 0 atom stereocenters. The third kappa shape index (κ3) is 4.53. The summed E-state index contributed by atoms with van der Waals surface area (Å²) in [6, 6.07) is 18.5. The van der Waals surface area contributed by atoms with E-state index in [1.807, 2.05) is 30.3 Å². The van der Waals surface area contributed by atoms with Crippen LogP contribution in [0.15, 0.2) is 54.6 Å². The number of hydrogen-bond acceptors (Lipinski definition) is 3. The summed E-state index contributed by atoms with van der Waals surface area (Å²) in [4.78, 5) is 18.9. The SMILES string of the molecule is Cl.O=C1NCc2c(Cl)c(-c3ccc(CO)cc3)cc(-c3cc4cc(CN5CCCCC5)ccc4[nH]3)c21. The summed E-state index contributed by atoms with van der Waals surface area (Å²) in [6.45, 7) is 3.73. The van der Waals surface area contributed by atoms with Crippen molar-refractivity contribution in [2.45, 2.75) is 39.0 Å². The zero-order valence-corrected chi connectivity index (χ0v) is 21.5. The van der Waals surface area contributed by atoms with E-state index < -0.39 is 0 Å². The van der Waals surface area contributed by atoms with Crippen LogP contribution >= 0.6 is 24.0 Å². The number of aliphatic hydroxyl groups is 1. The Bertz CT molecular complexity index is 1420. The molecule has 0 unspecified atom stereocenters. The predicted molar refractivity (Wildman–Crippen MR) is 148 cm³/mol. The molecular weight excluding hydrogens is 493 g/mol. The molecule has 1 saturated heterocycles. The van der Waals surface area contributed by atoms with Gasteiger partial charge in [0.1, 0.15) is 0 Å². The van der Waals surface area contributed by atoms with Gasteiger partial charge in [0.05, 0.1) is 17.2 Å². The van der Waals surface area contributed by atoms with Gasteiger partial charge in [-0.2, -0.15) is 0 Å². The fourth-order valence-corrected chi connectivity index (χ4v) is 5.74. The molecule has 0 radical (unpaired) electrons. The van der Waals surface area contributed by atoms with E-state index in [1.54, 1.807) is 0 Å². The molecule has 2 aliphatic rings. The van der Waals surface area contributed by atoms with Gasteiger partial charge in [0, 0.05) is 46.4 Å². The summed E-state index contributed by atoms with van der Waals surface area (Å²) in [5, 5.41) is 14.1. The zero-order valence-electron chi connectivity index (χ0n) is 19.9. The molecule has 0 saturated carbocycles. The lowest BCUT2D eigenvalue weighted by Crippen LogP contribution is -2.28. The molecular formula is C29H29Cl2N3O2. The molecule has 4 aromatic rings. The minimum Gasteiger partial charge on any atom is -0.392 e. The number of fused-ring (bicyclic) bond motifs is 2. The minimum atomic E-state index is -0.0940. The van der Waals surface area contributed by atoms with E-state index in [9.17, 15) is 9.90 Å². The van der Waals surface area contributed by atoms with Gasteiger partial charge in [0.15, 0.2) is 0 Å². The Morgan fingerprint density at radius 1 is 0.917 bits per heavy atom. The normalized spacial score (nSPS) is 15.6. The number of aromatic amines is 1. The molecule has 1 amide bonds. The molecule has 2 aliphatic heterocycles. The maximum Gasteiger partial charge on any atom is 0.252 e. The van der Waals surface area contributed by atoms with Crippen molar-refractivity contribution < 1.29 is 9.90 Å². The van der Waals surface area contributed by atoms with E-state index in [1.165, 1.54) is 37.9 Å². The molecule has 0 spiro atoms. The van der Waals surface area contributed by atoms with Gasteiger partial charge in [-0.05, 0) is 66.9 Å². The second-order valence-corrected chi connectivity index (χ2v) is 10.00. The van der Waals surface area contributed by atoms with Crippen molar-refractivity contribution in [2.24, 2.45) is 0 Å². The number of nitrogens with one attached hydrogen (secondary N) is 2. The topological polar surface area (TPSA) is 68.4 Å². The summed E-state index contributed by atoms with van der Waals surface area (Å²) >= 11 is 6.82. The van der Waals surface area contributed by atoms with Crippen molar-refractivity contribution in [3.63, 3.8) is 0 Å². The summed E-state index contributed by atoms with van der Waals surface area (Å²) in [5.74, 6) is -0.0940. The van der Waals surface area contributed by atoms with E-state index in [2.05, 4.69) is 39.5 Å². The quantitative estimate of drug-likeness (QED) is 0.288. The molecule has 3 heterocycles. The lowest BCUT2D eigenvalue weighted by Gasteiger charge is -2.26. The van der Waals surface area contributed by atoms with E-state index in [4.69, 9.17) is 11.6 Å². The van der Waals surface area contributed by atoms with Crippen molar-refractivity contribution in [3.05, 3.63) is 81.9 Å². The van der Waals surface area contributed by atoms with Crippen molar-refractivity contribution in [1.29, 1.82) is 0 Å². The van der Waals surface area contributed by atoms with Crippen molar-refractivity contribution >= 4 is 40.8 Å². The molecule has 5 nitrogen and oxygen atoms in total. The number of halogens is 2. The molecule has 0 aliphatic carbocycles. The van der Waals surface area contributed by atoms with Gasteiger partial charge in [0.2, 0.25) is 0 Å². The van der Waals surface area contributed by atoms with Crippen LogP contribution in [0, 0.1) is 0 Å². The van der Waals surface area contributed by atoms with Crippen LogP contribution in [-0.4, -0.2) is 34.0 Å². The molecule has 1 fully saturated rings. The molecule has 3 aromatic carbocycles. The van der Waals surface area contributed by atoms with Crippen LogP contribution in [-0.2, 0) is 19.7 Å². The molecule has 6 rings (SSSR count). The fourth-order valence-electron chi connectivity index (χ4n) is 5.41. The standard InChI is InChI=1S/C29H28ClN3O2.ClH/c30-28-22(20-7-4-18(17-34)5-8-20)14-23(27-24(28)15-31-29(27)35)26-13-21-12-19(6-9-25(21)32-26)16-33-10-2-1-3-11-33;/h4-9,12-14,32,34H,1-3,10-11,15-17H2,(H,31,35);1H. The number of aliphatic hydroxyl groups excluding tert-OH is 1. The van der Waals surface area contributed by atoms with Crippen LogP contribution < -0.4 is 5.32 Å². The predicted octanol–water partition coefficient (Wildman–Crippen LogP) is 6.30. The van der Waals surface area contributed by atoms with Gasteiger partial charge >= 0.3 is 0 Å². The number of piperidine rings is 1. The number of nitrogens with zero attached hydrogens (tertiary/aromatic N) is 1. The largest absolute Gasteiger partial charge is 0.392 e. The maximum atomic E-state index is 12.8. The van der Waals surface area contributed by atoms with E-state index in [-0.39, 0.29) is 24.9 Å². The lowest BCUT2D eigenvalue weighted by atomic mass is 9.93. The van der Waals surface area contributed by atoms with Crippen LogP contribution in [0.4, 0.5) is 0 Å². The Balaban J connectivity index is 0.00000267. The number of amides is 1. The van der Waals surface area contributed by atoms with E-state index >= 15 is 0 Å². The molecule has 0 bridgehead atoms. The lowest BCUT2D eigenvalue weighted by molar-refractivity contribution is 0.0966. The summed E-state index contributed by atoms with van der Waals surface area (Å²) in [5.41, 5.74) is 8.29. The summed E-state index contributed by atoms with van der Waals surface area (Å²) < 4.78 is 0. The average Bonchev–Trinajstić information content (AvgIpc) is 3.49. The van der Waals surface area contributed by atoms with Crippen molar-refractivity contribution in [3.8, 4) is 22.4 Å². The van der Waals surface area contributed by atoms with Crippen LogP contribution in [0.3, 0.4) is 0 Å². The number of rotatable bonds is 5. The van der Waals surface area contributed by atoms with Crippen LogP contribution in [0.2, 0.25) is 5.02 Å². The number of benzene rings is 3. The molecule has 36 heavy (non-hydrogen) atoms. The highest BCUT2D eigenvalue weighted by atomic mass is 35.5. The number of hydrogen-bond donors (Lipinski definition) is 3. The minimum absolute atomic E-state index is 0. The van der Waals surface area contributed by atoms with Crippen molar-refractivity contribution in [1.82, 2.24) is 15.2 Å². The maximum absolute atomic E-state index is 12.8. The number of carbonyl (C=O) groups is 1. The molecule has 1 aromatic heterocycles. The van der Waals surface area contributed by atoms with Gasteiger partial charge in [-0.25, -0.2) is 0 Å². The smallest absolute Gasteiger partial charge is 0.252 e. The first kappa shape index (κ1) is 24.8. The van der Waals surface area contributed by atoms with Gasteiger partial charge in [-0.15, -0.1) is 12.4 Å². The first-order chi connectivity index (χ1) is 17.1. The van der Waals surface area contributed by atoms with Gasteiger partial charge < -0.3 is 15.4 Å². The highest BCUT2D eigenvalue weighted by Gasteiger charge is 2.28. The highest BCUT2D eigenvalue weighted by Crippen LogP contribution is 2.41. The monoisotopic (exact) mass is 521 g/mol. The second-order valence-electron chi connectivity index (χ2n) is 9.62. The van der Waals surface area contributed by atoms with Crippen LogP contribution in [0.1, 0.15) is 46.3 Å². The third-order valence-electron chi connectivity index (χ3n) is 7.29. The van der Waals surface area contributed by atoms with E-state index in [0.29, 0.717) is 17.1 Å².